The lowest BCUT2D eigenvalue weighted by atomic mass is 9.75. The Morgan fingerprint density at radius 1 is 0.531 bits per heavy atom. The third-order valence-electron chi connectivity index (χ3n) is 6.24. The molecule has 0 radical (unpaired) electrons. The van der Waals surface area contributed by atoms with Gasteiger partial charge in [0.1, 0.15) is 11.5 Å². The molecule has 2 aliphatic carbocycles. The maximum absolute atomic E-state index is 5.83. The van der Waals surface area contributed by atoms with Crippen LogP contribution in [0.4, 0.5) is 0 Å². The maximum Gasteiger partial charge on any atom is 0.119 e. The van der Waals surface area contributed by atoms with Crippen LogP contribution < -0.4 is 9.47 Å². The van der Waals surface area contributed by atoms with Gasteiger partial charge in [0.2, 0.25) is 0 Å². The zero-order valence-electron chi connectivity index (χ0n) is 21.9. The van der Waals surface area contributed by atoms with Crippen LogP contribution in [-0.2, 0) is 0 Å². The second-order valence-corrected chi connectivity index (χ2v) is 9.06. The fourth-order valence-corrected chi connectivity index (χ4v) is 3.88. The summed E-state index contributed by atoms with van der Waals surface area (Å²) in [5.74, 6) is 5.41. The fourth-order valence-electron chi connectivity index (χ4n) is 3.88. The van der Waals surface area contributed by atoms with Crippen LogP contribution in [-0.4, -0.2) is 12.2 Å². The van der Waals surface area contributed by atoms with Crippen LogP contribution in [0, 0.1) is 23.7 Å². The van der Waals surface area contributed by atoms with E-state index in [0.717, 1.165) is 35.2 Å². The molecule has 2 heteroatoms. The second-order valence-electron chi connectivity index (χ2n) is 9.06. The first kappa shape index (κ1) is 28.1. The van der Waals surface area contributed by atoms with Crippen LogP contribution in [0.25, 0.3) is 0 Å². The highest BCUT2D eigenvalue weighted by Gasteiger charge is 2.33. The van der Waals surface area contributed by atoms with E-state index in [2.05, 4.69) is 27.7 Å². The van der Waals surface area contributed by atoms with E-state index in [4.69, 9.17) is 9.47 Å². The van der Waals surface area contributed by atoms with Gasteiger partial charge in [-0.2, -0.15) is 0 Å². The van der Waals surface area contributed by atoms with Crippen molar-refractivity contribution in [3.63, 3.8) is 0 Å². The topological polar surface area (TPSA) is 18.5 Å². The molecule has 180 valence electrons. The minimum Gasteiger partial charge on any atom is -0.490 e. The van der Waals surface area contributed by atoms with Gasteiger partial charge >= 0.3 is 0 Å². The number of hydrogen-bond donors (Lipinski definition) is 0. The Morgan fingerprint density at radius 3 is 1.06 bits per heavy atom. The van der Waals surface area contributed by atoms with Crippen LogP contribution in [0.5, 0.6) is 11.5 Å². The van der Waals surface area contributed by atoms with Gasteiger partial charge in [0.05, 0.1) is 12.2 Å². The molecule has 2 nitrogen and oxygen atoms in total. The first-order chi connectivity index (χ1) is 15.5. The summed E-state index contributed by atoms with van der Waals surface area (Å²) in [6, 6.07) is 20.2. The van der Waals surface area contributed by atoms with Crippen molar-refractivity contribution >= 4 is 0 Å². The molecule has 2 saturated carbocycles. The van der Waals surface area contributed by atoms with Gasteiger partial charge in [-0.05, 0) is 73.6 Å². The van der Waals surface area contributed by atoms with E-state index in [1.807, 2.05) is 88.4 Å². The average Bonchev–Trinajstić information content (AvgIpc) is 2.77. The van der Waals surface area contributed by atoms with Gasteiger partial charge in [0.15, 0.2) is 0 Å². The molecule has 0 aliphatic heterocycles. The highest BCUT2D eigenvalue weighted by Crippen LogP contribution is 2.37. The van der Waals surface area contributed by atoms with E-state index in [1.54, 1.807) is 0 Å². The zero-order chi connectivity index (χ0) is 23.9. The molecular weight excluding hydrogens is 392 g/mol. The van der Waals surface area contributed by atoms with E-state index in [-0.39, 0.29) is 0 Å². The Labute approximate surface area is 198 Å². The molecule has 2 aliphatic rings. The predicted molar refractivity (Wildman–Crippen MR) is 140 cm³/mol. The number of ether oxygens (including phenoxy) is 2. The van der Waals surface area contributed by atoms with Crippen molar-refractivity contribution in [1.82, 2.24) is 0 Å². The van der Waals surface area contributed by atoms with Gasteiger partial charge in [-0.1, -0.05) is 91.8 Å². The Bertz CT molecular complexity index is 607. The minimum atomic E-state index is 0.463. The summed E-state index contributed by atoms with van der Waals surface area (Å²) in [5.41, 5.74) is 0. The molecule has 0 heterocycles. The van der Waals surface area contributed by atoms with Crippen molar-refractivity contribution in [2.75, 3.05) is 0 Å². The zero-order valence-corrected chi connectivity index (χ0v) is 21.9. The molecule has 0 bridgehead atoms. The molecule has 0 N–H and O–H groups in total. The van der Waals surface area contributed by atoms with Crippen molar-refractivity contribution in [1.29, 1.82) is 0 Å². The number of rotatable bonds is 6. The van der Waals surface area contributed by atoms with E-state index < -0.39 is 0 Å². The maximum atomic E-state index is 5.83. The van der Waals surface area contributed by atoms with Crippen molar-refractivity contribution in [3.05, 3.63) is 60.7 Å². The fraction of sp³-hybridized carbons (Fsp3) is 0.600. The van der Waals surface area contributed by atoms with Gasteiger partial charge in [-0.15, -0.1) is 0 Å². The van der Waals surface area contributed by atoms with E-state index in [0.29, 0.717) is 12.2 Å². The third-order valence-corrected chi connectivity index (χ3v) is 6.24. The minimum absolute atomic E-state index is 0.463. The Hall–Kier alpha value is -1.96. The van der Waals surface area contributed by atoms with Crippen LogP contribution in [0.1, 0.15) is 81.1 Å². The molecule has 32 heavy (non-hydrogen) atoms. The van der Waals surface area contributed by atoms with Gasteiger partial charge in [-0.25, -0.2) is 0 Å². The highest BCUT2D eigenvalue weighted by molar-refractivity contribution is 5.22. The Morgan fingerprint density at radius 2 is 0.812 bits per heavy atom. The first-order valence-corrected chi connectivity index (χ1v) is 12.9. The lowest BCUT2D eigenvalue weighted by Gasteiger charge is -2.37. The first-order valence-electron chi connectivity index (χ1n) is 12.9. The molecule has 2 aromatic carbocycles. The number of para-hydroxylation sites is 2. The van der Waals surface area contributed by atoms with Crippen molar-refractivity contribution in [2.24, 2.45) is 23.7 Å². The summed E-state index contributed by atoms with van der Waals surface area (Å²) in [4.78, 5) is 0. The molecule has 4 rings (SSSR count). The van der Waals surface area contributed by atoms with Crippen LogP contribution >= 0.6 is 0 Å². The molecular formula is C30H48O2. The van der Waals surface area contributed by atoms with Crippen molar-refractivity contribution in [3.8, 4) is 11.5 Å². The van der Waals surface area contributed by atoms with Gasteiger partial charge in [-0.3, -0.25) is 0 Å². The number of benzene rings is 2. The summed E-state index contributed by atoms with van der Waals surface area (Å²) in [6.07, 6.45) is 5.84. The molecule has 2 aromatic rings. The average molecular weight is 441 g/mol. The van der Waals surface area contributed by atoms with Crippen LogP contribution in [0.15, 0.2) is 60.7 Å². The Kier molecular flexibility index (Phi) is 13.8. The summed E-state index contributed by atoms with van der Waals surface area (Å²) in [7, 11) is 0. The van der Waals surface area contributed by atoms with Crippen LogP contribution in [0.2, 0.25) is 0 Å². The monoisotopic (exact) mass is 440 g/mol. The summed E-state index contributed by atoms with van der Waals surface area (Å²) < 4.78 is 11.7. The van der Waals surface area contributed by atoms with Gasteiger partial charge < -0.3 is 9.47 Å². The second kappa shape index (κ2) is 15.8. The van der Waals surface area contributed by atoms with Gasteiger partial charge in [0, 0.05) is 0 Å². The lowest BCUT2D eigenvalue weighted by molar-refractivity contribution is 0.0416. The lowest BCUT2D eigenvalue weighted by Crippen LogP contribution is -2.36. The molecule has 0 aromatic heterocycles. The molecule has 0 amide bonds. The number of hydrogen-bond acceptors (Lipinski definition) is 2. The molecule has 0 atom stereocenters. The predicted octanol–water partition coefficient (Wildman–Crippen LogP) is 9.05. The van der Waals surface area contributed by atoms with Crippen molar-refractivity contribution in [2.45, 2.75) is 93.3 Å². The SMILES string of the molecule is CC.CC.CC(C)C1CC(Oc2ccccc2)C1.CC(C)C1CC(Oc2ccccc2)C1. The highest BCUT2D eigenvalue weighted by atomic mass is 16.5. The van der Waals surface area contributed by atoms with E-state index in [9.17, 15) is 0 Å². The normalized spacial score (nSPS) is 23.1. The van der Waals surface area contributed by atoms with Gasteiger partial charge in [0.25, 0.3) is 0 Å². The van der Waals surface area contributed by atoms with Crippen LogP contribution in [0.3, 0.4) is 0 Å². The largest absolute Gasteiger partial charge is 0.490 e. The smallest absolute Gasteiger partial charge is 0.119 e. The standard InChI is InChI=1S/2C13H18O.2C2H6/c2*1-10(2)11-8-13(9-11)14-12-6-4-3-5-7-12;2*1-2/h2*3-7,10-11,13H,8-9H2,1-2H3;2*1-2H3. The molecule has 0 saturated heterocycles. The Balaban J connectivity index is 0.000000277. The van der Waals surface area contributed by atoms with E-state index >= 15 is 0 Å². The molecule has 0 unspecified atom stereocenters. The molecule has 2 fully saturated rings. The molecule has 0 spiro atoms. The summed E-state index contributed by atoms with van der Waals surface area (Å²) in [5, 5.41) is 0. The summed E-state index contributed by atoms with van der Waals surface area (Å²) in [6.45, 7) is 17.2. The third kappa shape index (κ3) is 9.67. The quantitative estimate of drug-likeness (QED) is 0.446. The van der Waals surface area contributed by atoms with Crippen molar-refractivity contribution < 1.29 is 9.47 Å². The summed E-state index contributed by atoms with van der Waals surface area (Å²) >= 11 is 0. The van der Waals surface area contributed by atoms with E-state index in [1.165, 1.54) is 25.7 Å².